The van der Waals surface area contributed by atoms with Gasteiger partial charge in [-0.25, -0.2) is 4.98 Å². The highest BCUT2D eigenvalue weighted by molar-refractivity contribution is 7.07. The van der Waals surface area contributed by atoms with Gasteiger partial charge in [0.05, 0.1) is 11.2 Å². The first-order chi connectivity index (χ1) is 6.86. The van der Waals surface area contributed by atoms with Crippen molar-refractivity contribution in [3.63, 3.8) is 0 Å². The van der Waals surface area contributed by atoms with Crippen LogP contribution >= 0.6 is 11.3 Å². The Kier molecular flexibility index (Phi) is 3.54. The maximum Gasteiger partial charge on any atom is 0.0795 e. The van der Waals surface area contributed by atoms with Crippen molar-refractivity contribution in [1.29, 1.82) is 0 Å². The Morgan fingerprint density at radius 2 is 2.50 bits per heavy atom. The lowest BCUT2D eigenvalue weighted by atomic mass is 10.2. The molecule has 1 aliphatic rings. The molecular weight excluding hydrogens is 192 g/mol. The Hall–Kier alpha value is -0.410. The molecule has 78 valence electrons. The molecule has 0 bridgehead atoms. The fourth-order valence-electron chi connectivity index (χ4n) is 1.66. The minimum Gasteiger partial charge on any atom is -0.309 e. The molecule has 2 nitrogen and oxygen atoms in total. The molecule has 1 fully saturated rings. The second kappa shape index (κ2) is 4.89. The molecule has 1 N–H and O–H groups in total. The van der Waals surface area contributed by atoms with Crippen LogP contribution in [0.2, 0.25) is 0 Å². The van der Waals surface area contributed by atoms with Crippen LogP contribution in [0.1, 0.15) is 44.3 Å². The summed E-state index contributed by atoms with van der Waals surface area (Å²) in [5, 5.41) is 5.64. The predicted octanol–water partition coefficient (Wildman–Crippen LogP) is 2.98. The Labute approximate surface area is 89.8 Å². The molecule has 14 heavy (non-hydrogen) atoms. The maximum atomic E-state index is 4.30. The van der Waals surface area contributed by atoms with Crippen molar-refractivity contribution in [3.05, 3.63) is 16.6 Å². The molecule has 1 unspecified atom stereocenters. The lowest BCUT2D eigenvalue weighted by molar-refractivity contribution is 0.527. The van der Waals surface area contributed by atoms with Crippen molar-refractivity contribution < 1.29 is 0 Å². The maximum absolute atomic E-state index is 4.30. The minimum atomic E-state index is 0.417. The first-order valence-corrected chi connectivity index (χ1v) is 6.42. The number of nitrogens with zero attached hydrogens (tertiary/aromatic N) is 1. The van der Waals surface area contributed by atoms with E-state index in [2.05, 4.69) is 22.6 Å². The summed E-state index contributed by atoms with van der Waals surface area (Å²) in [5.41, 5.74) is 3.08. The predicted molar refractivity (Wildman–Crippen MR) is 60.5 cm³/mol. The van der Waals surface area contributed by atoms with Crippen LogP contribution in [-0.4, -0.2) is 11.5 Å². The summed E-state index contributed by atoms with van der Waals surface area (Å²) in [4.78, 5) is 4.30. The van der Waals surface area contributed by atoms with Crippen molar-refractivity contribution in [2.45, 2.75) is 38.6 Å². The van der Waals surface area contributed by atoms with Crippen molar-refractivity contribution in [1.82, 2.24) is 10.3 Å². The molecule has 0 radical (unpaired) electrons. The summed E-state index contributed by atoms with van der Waals surface area (Å²) in [7, 11) is 0. The van der Waals surface area contributed by atoms with Gasteiger partial charge in [-0.2, -0.15) is 0 Å². The van der Waals surface area contributed by atoms with Crippen LogP contribution in [0.3, 0.4) is 0 Å². The van der Waals surface area contributed by atoms with E-state index in [1.807, 2.05) is 5.51 Å². The van der Waals surface area contributed by atoms with Gasteiger partial charge in [0.1, 0.15) is 0 Å². The van der Waals surface area contributed by atoms with Crippen LogP contribution in [0.25, 0.3) is 0 Å². The van der Waals surface area contributed by atoms with Gasteiger partial charge >= 0.3 is 0 Å². The first-order valence-electron chi connectivity index (χ1n) is 5.47. The normalized spacial score (nSPS) is 18.4. The third-order valence-electron chi connectivity index (χ3n) is 2.83. The van der Waals surface area contributed by atoms with E-state index in [-0.39, 0.29) is 0 Å². The fourth-order valence-corrected chi connectivity index (χ4v) is 2.30. The van der Waals surface area contributed by atoms with Crippen LogP contribution in [0, 0.1) is 5.92 Å². The van der Waals surface area contributed by atoms with E-state index in [1.165, 1.54) is 31.4 Å². The molecule has 1 saturated carbocycles. The van der Waals surface area contributed by atoms with E-state index < -0.39 is 0 Å². The standard InChI is InChI=1S/C11H18N2S/c1-9(11-7-14-8-13-11)12-6-2-3-10-4-5-10/h7-10,12H,2-6H2,1H3. The Balaban J connectivity index is 1.59. The molecule has 1 atom stereocenters. The van der Waals surface area contributed by atoms with Gasteiger partial charge in [-0.1, -0.05) is 12.8 Å². The van der Waals surface area contributed by atoms with Crippen LogP contribution in [0.15, 0.2) is 10.9 Å². The van der Waals surface area contributed by atoms with E-state index in [9.17, 15) is 0 Å². The van der Waals surface area contributed by atoms with E-state index in [0.29, 0.717) is 6.04 Å². The van der Waals surface area contributed by atoms with Crippen LogP contribution in [0.4, 0.5) is 0 Å². The number of nitrogens with one attached hydrogen (secondary N) is 1. The first kappa shape index (κ1) is 10.1. The number of thiazole rings is 1. The van der Waals surface area contributed by atoms with Gasteiger partial charge in [0, 0.05) is 11.4 Å². The zero-order chi connectivity index (χ0) is 9.80. The van der Waals surface area contributed by atoms with Crippen LogP contribution < -0.4 is 5.32 Å². The topological polar surface area (TPSA) is 24.9 Å². The molecule has 2 rings (SSSR count). The molecule has 0 saturated heterocycles. The summed E-state index contributed by atoms with van der Waals surface area (Å²) < 4.78 is 0. The Bertz CT molecular complexity index is 254. The van der Waals surface area contributed by atoms with E-state index >= 15 is 0 Å². The molecule has 1 heterocycles. The zero-order valence-electron chi connectivity index (χ0n) is 8.70. The second-order valence-electron chi connectivity index (χ2n) is 4.17. The van der Waals surface area contributed by atoms with Gasteiger partial charge < -0.3 is 5.32 Å². The second-order valence-corrected chi connectivity index (χ2v) is 4.89. The van der Waals surface area contributed by atoms with Gasteiger partial charge in [-0.3, -0.25) is 0 Å². The molecule has 0 aliphatic heterocycles. The summed E-state index contributed by atoms with van der Waals surface area (Å²) in [6.07, 6.45) is 5.68. The van der Waals surface area contributed by atoms with E-state index in [1.54, 1.807) is 11.3 Å². The molecule has 1 aromatic heterocycles. The van der Waals surface area contributed by atoms with Gasteiger partial charge in [-0.05, 0) is 32.2 Å². The largest absolute Gasteiger partial charge is 0.309 e. The van der Waals surface area contributed by atoms with Gasteiger partial charge in [0.25, 0.3) is 0 Å². The van der Waals surface area contributed by atoms with Crippen LogP contribution in [-0.2, 0) is 0 Å². The molecule has 3 heteroatoms. The highest BCUT2D eigenvalue weighted by atomic mass is 32.1. The third kappa shape index (κ3) is 3.07. The third-order valence-corrected chi connectivity index (χ3v) is 3.44. The van der Waals surface area contributed by atoms with Crippen LogP contribution in [0.5, 0.6) is 0 Å². The average Bonchev–Trinajstić information content (AvgIpc) is 2.84. The van der Waals surface area contributed by atoms with Gasteiger partial charge in [0.2, 0.25) is 0 Å². The van der Waals surface area contributed by atoms with Gasteiger partial charge in [0.15, 0.2) is 0 Å². The molecule has 0 aromatic carbocycles. The Morgan fingerprint density at radius 3 is 3.14 bits per heavy atom. The van der Waals surface area contributed by atoms with Crippen molar-refractivity contribution in [2.75, 3.05) is 6.54 Å². The molecule has 0 amide bonds. The fraction of sp³-hybridized carbons (Fsp3) is 0.727. The number of hydrogen-bond acceptors (Lipinski definition) is 3. The molecule has 1 aliphatic carbocycles. The minimum absolute atomic E-state index is 0.417. The van der Waals surface area contributed by atoms with E-state index in [0.717, 1.165) is 12.5 Å². The van der Waals surface area contributed by atoms with E-state index in [4.69, 9.17) is 0 Å². The molecular formula is C11H18N2S. The number of hydrogen-bond donors (Lipinski definition) is 1. The lowest BCUT2D eigenvalue weighted by Crippen LogP contribution is -2.20. The Morgan fingerprint density at radius 1 is 1.64 bits per heavy atom. The monoisotopic (exact) mass is 210 g/mol. The summed E-state index contributed by atoms with van der Waals surface area (Å²) in [6.45, 7) is 3.32. The van der Waals surface area contributed by atoms with Crippen molar-refractivity contribution in [2.24, 2.45) is 5.92 Å². The average molecular weight is 210 g/mol. The SMILES string of the molecule is CC(NCCCC1CC1)c1cscn1. The number of aromatic nitrogens is 1. The van der Waals surface area contributed by atoms with Crippen molar-refractivity contribution >= 4 is 11.3 Å². The zero-order valence-corrected chi connectivity index (χ0v) is 9.52. The summed E-state index contributed by atoms with van der Waals surface area (Å²) >= 11 is 1.67. The van der Waals surface area contributed by atoms with Crippen molar-refractivity contribution in [3.8, 4) is 0 Å². The van der Waals surface area contributed by atoms with Gasteiger partial charge in [-0.15, -0.1) is 11.3 Å². The molecule has 1 aromatic rings. The summed E-state index contributed by atoms with van der Waals surface area (Å²) in [5.74, 6) is 1.06. The highest BCUT2D eigenvalue weighted by Gasteiger charge is 2.20. The smallest absolute Gasteiger partial charge is 0.0795 e. The highest BCUT2D eigenvalue weighted by Crippen LogP contribution is 2.33. The molecule has 0 spiro atoms. The lowest BCUT2D eigenvalue weighted by Gasteiger charge is -2.10. The summed E-state index contributed by atoms with van der Waals surface area (Å²) in [6, 6.07) is 0.417. The quantitative estimate of drug-likeness (QED) is 0.730. The number of rotatable bonds is 6.